The Morgan fingerprint density at radius 1 is 0.700 bits per heavy atom. The first kappa shape index (κ1) is 24.3. The van der Waals surface area contributed by atoms with E-state index in [1.165, 1.54) is 16.8 Å². The van der Waals surface area contributed by atoms with Gasteiger partial charge in [-0.3, -0.25) is 9.55 Å². The Balaban J connectivity index is 1.54. The predicted octanol–water partition coefficient (Wildman–Crippen LogP) is 9.90. The maximum Gasteiger partial charge on any atom is 0.164 e. The van der Waals surface area contributed by atoms with Gasteiger partial charge in [-0.25, -0.2) is 4.98 Å². The molecule has 4 aromatic carbocycles. The number of nitrogens with zero attached hydrogens (tertiary/aromatic N) is 3. The lowest BCUT2D eigenvalue weighted by atomic mass is 9.92. The number of fused-ring (bicyclic) bond motifs is 4. The highest BCUT2D eigenvalue weighted by molar-refractivity contribution is 6.08. The summed E-state index contributed by atoms with van der Waals surface area (Å²) in [6.07, 6.45) is 1.87. The molecule has 0 saturated heterocycles. The zero-order chi connectivity index (χ0) is 27.4. The maximum absolute atomic E-state index is 6.63. The van der Waals surface area contributed by atoms with Gasteiger partial charge in [0.25, 0.3) is 0 Å². The van der Waals surface area contributed by atoms with E-state index in [9.17, 15) is 0 Å². The summed E-state index contributed by atoms with van der Waals surface area (Å²) in [5.74, 6) is 1.57. The van der Waals surface area contributed by atoms with Crippen LogP contribution in [0, 0.1) is 0 Å². The molecule has 0 bridgehead atoms. The van der Waals surface area contributed by atoms with Crippen LogP contribution in [0.2, 0.25) is 0 Å². The van der Waals surface area contributed by atoms with Crippen LogP contribution in [-0.4, -0.2) is 14.5 Å². The van der Waals surface area contributed by atoms with E-state index < -0.39 is 0 Å². The van der Waals surface area contributed by atoms with E-state index in [0.29, 0.717) is 11.8 Å². The van der Waals surface area contributed by atoms with Crippen molar-refractivity contribution in [2.75, 3.05) is 0 Å². The Morgan fingerprint density at radius 3 is 2.17 bits per heavy atom. The molecular weight excluding hydrogens is 490 g/mol. The lowest BCUT2D eigenvalue weighted by molar-refractivity contribution is 0.668. The van der Waals surface area contributed by atoms with Crippen molar-refractivity contribution in [1.82, 2.24) is 14.5 Å². The van der Waals surface area contributed by atoms with E-state index in [1.54, 1.807) is 0 Å². The summed E-state index contributed by atoms with van der Waals surface area (Å²) in [5.41, 5.74) is 11.5. The maximum atomic E-state index is 6.63. The fraction of sp³-hybridized carbons (Fsp3) is 0.167. The summed E-state index contributed by atoms with van der Waals surface area (Å²) < 4.78 is 8.97. The van der Waals surface area contributed by atoms with Crippen molar-refractivity contribution in [2.45, 2.75) is 39.5 Å². The number of aromatic nitrogens is 3. The van der Waals surface area contributed by atoms with Crippen LogP contribution < -0.4 is 0 Å². The smallest absolute Gasteiger partial charge is 0.164 e. The second-order valence-electron chi connectivity index (χ2n) is 11.1. The van der Waals surface area contributed by atoms with Crippen LogP contribution in [-0.2, 0) is 0 Å². The average Bonchev–Trinajstić information content (AvgIpc) is 3.55. The number of hydrogen-bond acceptors (Lipinski definition) is 3. The van der Waals surface area contributed by atoms with E-state index >= 15 is 0 Å². The molecule has 4 heteroatoms. The molecule has 0 N–H and O–H groups in total. The minimum absolute atomic E-state index is 0.350. The van der Waals surface area contributed by atoms with Crippen molar-refractivity contribution < 1.29 is 4.42 Å². The molecule has 7 rings (SSSR count). The lowest BCUT2D eigenvalue weighted by Crippen LogP contribution is -2.08. The van der Waals surface area contributed by atoms with Crippen molar-refractivity contribution in [3.63, 3.8) is 0 Å². The predicted molar refractivity (Wildman–Crippen MR) is 165 cm³/mol. The van der Waals surface area contributed by atoms with Crippen molar-refractivity contribution in [3.8, 4) is 28.2 Å². The van der Waals surface area contributed by atoms with E-state index in [2.05, 4.69) is 117 Å². The summed E-state index contributed by atoms with van der Waals surface area (Å²) >= 11 is 0. The molecule has 0 spiro atoms. The summed E-state index contributed by atoms with van der Waals surface area (Å²) in [6.45, 7) is 9.04. The third-order valence-corrected chi connectivity index (χ3v) is 7.83. The average molecular weight is 522 g/mol. The Labute approximate surface area is 233 Å². The van der Waals surface area contributed by atoms with Crippen LogP contribution in [0.25, 0.3) is 61.3 Å². The second kappa shape index (κ2) is 9.49. The molecule has 4 nitrogen and oxygen atoms in total. The largest absolute Gasteiger partial charge is 0.454 e. The molecule has 40 heavy (non-hydrogen) atoms. The summed E-state index contributed by atoms with van der Waals surface area (Å²) in [5, 5.41) is 1.00. The minimum atomic E-state index is 0.350. The van der Waals surface area contributed by atoms with Gasteiger partial charge < -0.3 is 4.42 Å². The molecule has 7 aromatic rings. The van der Waals surface area contributed by atoms with Crippen LogP contribution in [0.1, 0.15) is 50.7 Å². The normalized spacial score (nSPS) is 11.9. The fourth-order valence-electron chi connectivity index (χ4n) is 5.84. The fourth-order valence-corrected chi connectivity index (χ4v) is 5.84. The number of pyridine rings is 1. The van der Waals surface area contributed by atoms with Gasteiger partial charge >= 0.3 is 0 Å². The molecule has 0 fully saturated rings. The van der Waals surface area contributed by atoms with E-state index in [-0.39, 0.29) is 0 Å². The Bertz CT molecular complexity index is 1990. The minimum Gasteiger partial charge on any atom is -0.454 e. The number of furan rings is 1. The molecule has 0 radical (unpaired) electrons. The van der Waals surface area contributed by atoms with Gasteiger partial charge in [0.05, 0.1) is 22.3 Å². The van der Waals surface area contributed by atoms with Crippen LogP contribution in [0.15, 0.2) is 108 Å². The second-order valence-corrected chi connectivity index (χ2v) is 11.1. The van der Waals surface area contributed by atoms with Crippen LogP contribution >= 0.6 is 0 Å². The number of hydrogen-bond donors (Lipinski definition) is 0. The molecule has 196 valence electrons. The highest BCUT2D eigenvalue weighted by Crippen LogP contribution is 2.40. The molecule has 0 atom stereocenters. The molecule has 0 aliphatic carbocycles. The quantitative estimate of drug-likeness (QED) is 0.226. The first-order valence-electron chi connectivity index (χ1n) is 14.0. The lowest BCUT2D eigenvalue weighted by Gasteiger charge is -2.22. The van der Waals surface area contributed by atoms with Crippen molar-refractivity contribution in [2.24, 2.45) is 0 Å². The van der Waals surface area contributed by atoms with Gasteiger partial charge in [0.15, 0.2) is 5.58 Å². The topological polar surface area (TPSA) is 43.9 Å². The SMILES string of the molecule is CC(C)c1cccc(C(C)C)c1-n1c(-c2ccnc3c2oc2cc(-c4ccccc4)ccc23)nc2ccccc21. The van der Waals surface area contributed by atoms with Crippen molar-refractivity contribution >= 4 is 33.1 Å². The summed E-state index contributed by atoms with van der Waals surface area (Å²) in [6, 6.07) is 33.9. The molecule has 0 amide bonds. The Kier molecular flexibility index (Phi) is 5.78. The van der Waals surface area contributed by atoms with Crippen LogP contribution in [0.5, 0.6) is 0 Å². The van der Waals surface area contributed by atoms with Crippen LogP contribution in [0.3, 0.4) is 0 Å². The number of benzene rings is 4. The highest BCUT2D eigenvalue weighted by atomic mass is 16.3. The van der Waals surface area contributed by atoms with E-state index in [0.717, 1.165) is 55.6 Å². The Morgan fingerprint density at radius 2 is 1.43 bits per heavy atom. The molecule has 0 saturated carbocycles. The first-order chi connectivity index (χ1) is 19.5. The Hall–Kier alpha value is -4.70. The van der Waals surface area contributed by atoms with E-state index in [1.807, 2.05) is 18.3 Å². The standard InChI is InChI=1S/C36H31N3O/c1-22(2)26-13-10-14-27(23(3)4)34(26)39-31-16-9-8-15-30(31)38-36(39)29-19-20-37-33-28-18-17-25(21-32(28)40-35(29)33)24-11-6-5-7-12-24/h5-23H,1-4H3. The summed E-state index contributed by atoms with van der Waals surface area (Å²) in [7, 11) is 0. The van der Waals surface area contributed by atoms with Gasteiger partial charge in [0.2, 0.25) is 0 Å². The van der Waals surface area contributed by atoms with Gasteiger partial charge in [-0.05, 0) is 64.4 Å². The first-order valence-corrected chi connectivity index (χ1v) is 14.0. The van der Waals surface area contributed by atoms with Gasteiger partial charge in [-0.2, -0.15) is 0 Å². The third kappa shape index (κ3) is 3.83. The summed E-state index contributed by atoms with van der Waals surface area (Å²) in [4.78, 5) is 10.00. The van der Waals surface area contributed by atoms with Gasteiger partial charge in [-0.15, -0.1) is 0 Å². The number of rotatable bonds is 5. The molecule has 3 aromatic heterocycles. The zero-order valence-electron chi connectivity index (χ0n) is 23.2. The molecular formula is C36H31N3O. The number of para-hydroxylation sites is 3. The zero-order valence-corrected chi connectivity index (χ0v) is 23.2. The third-order valence-electron chi connectivity index (χ3n) is 7.83. The van der Waals surface area contributed by atoms with Crippen LogP contribution in [0.4, 0.5) is 0 Å². The molecule has 3 heterocycles. The number of imidazole rings is 1. The van der Waals surface area contributed by atoms with E-state index in [4.69, 9.17) is 14.4 Å². The molecule has 0 aliphatic rings. The monoisotopic (exact) mass is 521 g/mol. The van der Waals surface area contributed by atoms with Gasteiger partial charge in [0, 0.05) is 11.6 Å². The molecule has 0 unspecified atom stereocenters. The van der Waals surface area contributed by atoms with Gasteiger partial charge in [0.1, 0.15) is 16.9 Å². The van der Waals surface area contributed by atoms with Gasteiger partial charge in [-0.1, -0.05) is 94.4 Å². The van der Waals surface area contributed by atoms with Crippen molar-refractivity contribution in [1.29, 1.82) is 0 Å². The highest BCUT2D eigenvalue weighted by Gasteiger charge is 2.24. The molecule has 0 aliphatic heterocycles. The van der Waals surface area contributed by atoms with Crippen molar-refractivity contribution in [3.05, 3.63) is 114 Å².